The van der Waals surface area contributed by atoms with Gasteiger partial charge in [0.2, 0.25) is 0 Å². The minimum absolute atomic E-state index is 0.232. The highest BCUT2D eigenvalue weighted by atomic mass is 35.5. The molecule has 1 N–H and O–H groups in total. The SMILES string of the molecule is CC.CCC.C\C=C(C)/C(=C\C=C(/C)OCc1conc1-c1c(C)cccc1Cl)c1ccc2c(CC(=O)OC)c[nH]c2c1. The van der Waals surface area contributed by atoms with E-state index in [1.807, 2.05) is 71.2 Å². The quantitative estimate of drug-likeness (QED) is 0.117. The number of allylic oxidation sites excluding steroid dienone is 6. The molecule has 4 rings (SSSR count). The van der Waals surface area contributed by atoms with Gasteiger partial charge in [-0.1, -0.05) is 87.3 Å². The number of rotatable bonds is 9. The van der Waals surface area contributed by atoms with Gasteiger partial charge in [0.15, 0.2) is 0 Å². The van der Waals surface area contributed by atoms with Crippen LogP contribution in [0.25, 0.3) is 27.7 Å². The topological polar surface area (TPSA) is 77.3 Å². The van der Waals surface area contributed by atoms with Crippen molar-refractivity contribution >= 4 is 34.0 Å². The zero-order valence-electron chi connectivity index (χ0n) is 26.9. The number of methoxy groups -OCH3 is 1. The Kier molecular flexibility index (Phi) is 14.6. The summed E-state index contributed by atoms with van der Waals surface area (Å²) >= 11 is 6.44. The summed E-state index contributed by atoms with van der Waals surface area (Å²) in [4.78, 5) is 15.0. The van der Waals surface area contributed by atoms with Crippen molar-refractivity contribution in [1.29, 1.82) is 0 Å². The third-order valence-corrected chi connectivity index (χ3v) is 6.86. The Morgan fingerprint density at radius 2 is 1.81 bits per heavy atom. The van der Waals surface area contributed by atoms with Crippen LogP contribution in [0.1, 0.15) is 77.1 Å². The molecule has 6 nitrogen and oxygen atoms in total. The van der Waals surface area contributed by atoms with Crippen molar-refractivity contribution in [1.82, 2.24) is 10.1 Å². The van der Waals surface area contributed by atoms with Crippen molar-refractivity contribution in [3.63, 3.8) is 0 Å². The van der Waals surface area contributed by atoms with Crippen molar-refractivity contribution < 1.29 is 18.8 Å². The van der Waals surface area contributed by atoms with Gasteiger partial charge in [0.05, 0.1) is 29.9 Å². The van der Waals surface area contributed by atoms with Gasteiger partial charge in [-0.3, -0.25) is 4.79 Å². The molecule has 0 aliphatic rings. The van der Waals surface area contributed by atoms with Crippen molar-refractivity contribution in [3.05, 3.63) is 106 Å². The maximum absolute atomic E-state index is 11.7. The lowest BCUT2D eigenvalue weighted by molar-refractivity contribution is -0.139. The molecule has 43 heavy (non-hydrogen) atoms. The van der Waals surface area contributed by atoms with Crippen molar-refractivity contribution in [2.45, 2.75) is 74.8 Å². The van der Waals surface area contributed by atoms with Crippen molar-refractivity contribution in [3.8, 4) is 11.3 Å². The number of carbonyl (C=O) groups excluding carboxylic acids is 1. The standard InChI is InChI=1S/C31H31ClN2O4.C3H8.C2H6/c1-6-19(2)25(22-11-13-26-23(15-29(35)36-5)16-33-28(26)14-22)12-10-21(4)37-17-24-18-38-34-31(24)30-20(3)8-7-9-27(30)32;1-3-2;1-2/h6-14,16,18,33H,15,17H2,1-5H3;3H2,1-2H3;1-2H3/b19-6-,21-10+,25-12+;;. The number of benzene rings is 2. The normalized spacial score (nSPS) is 11.8. The lowest BCUT2D eigenvalue weighted by Crippen LogP contribution is -2.03. The van der Waals surface area contributed by atoms with Crippen LogP contribution in [0, 0.1) is 6.92 Å². The molecule has 0 unspecified atom stereocenters. The monoisotopic (exact) mass is 604 g/mol. The number of carbonyl (C=O) groups is 1. The van der Waals surface area contributed by atoms with Gasteiger partial charge in [-0.2, -0.15) is 0 Å². The Morgan fingerprint density at radius 3 is 2.47 bits per heavy atom. The van der Waals surface area contributed by atoms with E-state index < -0.39 is 0 Å². The average molecular weight is 605 g/mol. The van der Waals surface area contributed by atoms with Crippen LogP contribution in [0.3, 0.4) is 0 Å². The number of aromatic amines is 1. The number of hydrogen-bond donors (Lipinski definition) is 1. The fourth-order valence-corrected chi connectivity index (χ4v) is 4.59. The number of H-pyrrole nitrogens is 1. The molecule has 7 heteroatoms. The lowest BCUT2D eigenvalue weighted by Gasteiger charge is -2.10. The molecule has 0 saturated carbocycles. The van der Waals surface area contributed by atoms with Gasteiger partial charge in [-0.15, -0.1) is 0 Å². The first kappa shape index (κ1) is 35.2. The van der Waals surface area contributed by atoms with Crippen LogP contribution < -0.4 is 0 Å². The second-order valence-electron chi connectivity index (χ2n) is 9.77. The Morgan fingerprint density at radius 1 is 1.09 bits per heavy atom. The molecule has 0 aliphatic heterocycles. The number of ether oxygens (including phenoxy) is 2. The Bertz CT molecular complexity index is 1550. The van der Waals surface area contributed by atoms with Gasteiger partial charge < -0.3 is 19.0 Å². The highest BCUT2D eigenvalue weighted by Crippen LogP contribution is 2.33. The smallest absolute Gasteiger partial charge is 0.310 e. The predicted molar refractivity (Wildman–Crippen MR) is 179 cm³/mol. The third-order valence-electron chi connectivity index (χ3n) is 6.54. The number of esters is 1. The fourth-order valence-electron chi connectivity index (χ4n) is 4.28. The van der Waals surface area contributed by atoms with E-state index >= 15 is 0 Å². The number of fused-ring (bicyclic) bond motifs is 1. The van der Waals surface area contributed by atoms with Gasteiger partial charge in [-0.25, -0.2) is 0 Å². The first-order valence-corrected chi connectivity index (χ1v) is 15.1. The molecule has 0 radical (unpaired) electrons. The van der Waals surface area contributed by atoms with Gasteiger partial charge >= 0.3 is 5.97 Å². The zero-order valence-corrected chi connectivity index (χ0v) is 27.7. The van der Waals surface area contributed by atoms with Crippen molar-refractivity contribution in [2.24, 2.45) is 0 Å². The highest BCUT2D eigenvalue weighted by Gasteiger charge is 2.16. The van der Waals surface area contributed by atoms with E-state index in [9.17, 15) is 4.79 Å². The maximum Gasteiger partial charge on any atom is 0.310 e. The molecule has 230 valence electrons. The highest BCUT2D eigenvalue weighted by molar-refractivity contribution is 6.33. The average Bonchev–Trinajstić information content (AvgIpc) is 3.64. The fraction of sp³-hybridized carbons (Fsp3) is 0.333. The lowest BCUT2D eigenvalue weighted by atomic mass is 9.96. The van der Waals surface area contributed by atoms with E-state index in [4.69, 9.17) is 25.6 Å². The summed E-state index contributed by atoms with van der Waals surface area (Å²) in [5.41, 5.74) is 8.51. The molecule has 4 aromatic rings. The molecular weight excluding hydrogens is 560 g/mol. The summed E-state index contributed by atoms with van der Waals surface area (Å²) in [6.07, 6.45) is 11.0. The molecule has 0 atom stereocenters. The maximum atomic E-state index is 11.7. The first-order chi connectivity index (χ1) is 20.7. The number of nitrogens with zero attached hydrogens (tertiary/aromatic N) is 1. The van der Waals surface area contributed by atoms with Crippen LogP contribution in [0.5, 0.6) is 0 Å². The minimum atomic E-state index is -0.263. The minimum Gasteiger partial charge on any atom is -0.493 e. The molecule has 0 spiro atoms. The van der Waals surface area contributed by atoms with Crippen LogP contribution in [-0.2, 0) is 27.3 Å². The Balaban J connectivity index is 0.00000121. The Hall–Kier alpha value is -4.03. The molecule has 0 amide bonds. The van der Waals surface area contributed by atoms with Gasteiger partial charge in [0, 0.05) is 22.7 Å². The van der Waals surface area contributed by atoms with Gasteiger partial charge in [-0.05, 0) is 73.7 Å². The Labute approximate surface area is 261 Å². The first-order valence-electron chi connectivity index (χ1n) is 14.7. The van der Waals surface area contributed by atoms with E-state index in [1.54, 1.807) is 6.26 Å². The largest absolute Gasteiger partial charge is 0.493 e. The number of halogens is 1. The van der Waals surface area contributed by atoms with E-state index in [0.29, 0.717) is 17.3 Å². The summed E-state index contributed by atoms with van der Waals surface area (Å²) < 4.78 is 16.1. The summed E-state index contributed by atoms with van der Waals surface area (Å²) in [7, 11) is 1.40. The number of nitrogens with one attached hydrogen (secondary N) is 1. The van der Waals surface area contributed by atoms with E-state index in [1.165, 1.54) is 13.5 Å². The second kappa shape index (κ2) is 17.8. The van der Waals surface area contributed by atoms with Gasteiger partial charge in [0.25, 0.3) is 0 Å². The number of aryl methyl sites for hydroxylation is 1. The molecule has 2 aromatic heterocycles. The van der Waals surface area contributed by atoms with Gasteiger partial charge in [0.1, 0.15) is 18.6 Å². The number of aromatic nitrogens is 2. The summed E-state index contributed by atoms with van der Waals surface area (Å²) in [5.74, 6) is 0.483. The summed E-state index contributed by atoms with van der Waals surface area (Å²) in [6, 6.07) is 11.9. The molecule has 0 fully saturated rings. The molecule has 2 aromatic carbocycles. The molecule has 0 bridgehead atoms. The predicted octanol–water partition coefficient (Wildman–Crippen LogP) is 10.4. The van der Waals surface area contributed by atoms with E-state index in [2.05, 4.69) is 55.2 Å². The van der Waals surface area contributed by atoms with E-state index in [0.717, 1.165) is 55.6 Å². The van der Waals surface area contributed by atoms with Crippen LogP contribution in [-0.4, -0.2) is 23.2 Å². The summed E-state index contributed by atoms with van der Waals surface area (Å²) in [6.45, 7) is 16.6. The second-order valence-corrected chi connectivity index (χ2v) is 10.2. The molecule has 0 aliphatic carbocycles. The molecule has 2 heterocycles. The molecule has 0 saturated heterocycles. The van der Waals surface area contributed by atoms with Crippen LogP contribution in [0.2, 0.25) is 5.02 Å². The summed E-state index contributed by atoms with van der Waals surface area (Å²) in [5, 5.41) is 5.80. The van der Waals surface area contributed by atoms with Crippen molar-refractivity contribution in [2.75, 3.05) is 7.11 Å². The van der Waals surface area contributed by atoms with Crippen LogP contribution in [0.15, 0.2) is 82.9 Å². The number of hydrogen-bond acceptors (Lipinski definition) is 5. The van der Waals surface area contributed by atoms with Crippen LogP contribution in [0.4, 0.5) is 0 Å². The van der Waals surface area contributed by atoms with E-state index in [-0.39, 0.29) is 12.4 Å². The molecular formula is C36H45ClN2O4. The van der Waals surface area contributed by atoms with Crippen LogP contribution >= 0.6 is 11.6 Å². The third kappa shape index (κ3) is 9.48. The zero-order chi connectivity index (χ0) is 31.9.